The van der Waals surface area contributed by atoms with Crippen LogP contribution >= 0.6 is 0 Å². The van der Waals surface area contributed by atoms with Crippen molar-refractivity contribution in [3.05, 3.63) is 29.6 Å². The van der Waals surface area contributed by atoms with Gasteiger partial charge < -0.3 is 10.5 Å². The summed E-state index contributed by atoms with van der Waals surface area (Å²) in [6.45, 7) is 4.17. The minimum absolute atomic E-state index is 0.00607. The number of alkyl halides is 3. The number of amides is 1. The van der Waals surface area contributed by atoms with Gasteiger partial charge in [0.2, 0.25) is 0 Å². The van der Waals surface area contributed by atoms with Crippen molar-refractivity contribution in [2.45, 2.75) is 38.5 Å². The van der Waals surface area contributed by atoms with Crippen LogP contribution in [0.4, 0.5) is 28.0 Å². The van der Waals surface area contributed by atoms with Gasteiger partial charge in [0, 0.05) is 17.8 Å². The Morgan fingerprint density at radius 1 is 1.32 bits per heavy atom. The monoisotopic (exact) mass is 322 g/mol. The summed E-state index contributed by atoms with van der Waals surface area (Å²) in [7, 11) is 0. The molecule has 0 aliphatic heterocycles. The lowest BCUT2D eigenvalue weighted by atomic mass is 9.98. The van der Waals surface area contributed by atoms with E-state index >= 15 is 0 Å². The van der Waals surface area contributed by atoms with Gasteiger partial charge in [-0.25, -0.2) is 9.18 Å². The molecule has 0 radical (unpaired) electrons. The summed E-state index contributed by atoms with van der Waals surface area (Å²) in [6, 6.07) is 2.91. The summed E-state index contributed by atoms with van der Waals surface area (Å²) in [5.74, 6) is -3.19. The average molecular weight is 322 g/mol. The van der Waals surface area contributed by atoms with Gasteiger partial charge in [-0.15, -0.1) is 0 Å². The molecule has 1 rings (SSSR count). The number of rotatable bonds is 3. The van der Waals surface area contributed by atoms with Crippen LogP contribution in [0.1, 0.15) is 32.3 Å². The number of halogens is 4. The van der Waals surface area contributed by atoms with Gasteiger partial charge in [0.1, 0.15) is 11.4 Å². The summed E-state index contributed by atoms with van der Waals surface area (Å²) in [4.78, 5) is 11.5. The zero-order valence-corrected chi connectivity index (χ0v) is 12.4. The second-order valence-electron chi connectivity index (χ2n) is 5.69. The van der Waals surface area contributed by atoms with Crippen LogP contribution in [0.5, 0.6) is 0 Å². The first-order valence-corrected chi connectivity index (χ1v) is 6.50. The summed E-state index contributed by atoms with van der Waals surface area (Å²) in [5.41, 5.74) is 3.75. The second kappa shape index (κ2) is 6.51. The Labute approximate surface area is 125 Å². The van der Waals surface area contributed by atoms with Crippen molar-refractivity contribution in [2.24, 2.45) is 5.73 Å². The number of nitrogens with one attached hydrogen (secondary N) is 1. The standard InChI is InChI=1S/C14H18F4N2O2/c1-13(2,3)22-12(21)20-8-4-5-9(11(15)6-8)10(7-19)14(16,17)18/h4-6,10H,7,19H2,1-3H3,(H,20,21). The van der Waals surface area contributed by atoms with E-state index in [1.54, 1.807) is 20.8 Å². The fourth-order valence-corrected chi connectivity index (χ4v) is 1.75. The average Bonchev–Trinajstić information content (AvgIpc) is 2.28. The number of hydrogen-bond donors (Lipinski definition) is 2. The predicted molar refractivity (Wildman–Crippen MR) is 74.1 cm³/mol. The molecular formula is C14H18F4N2O2. The molecule has 0 aliphatic rings. The summed E-state index contributed by atoms with van der Waals surface area (Å²) >= 11 is 0. The molecule has 0 saturated carbocycles. The number of benzene rings is 1. The highest BCUT2D eigenvalue weighted by Crippen LogP contribution is 2.35. The van der Waals surface area contributed by atoms with Gasteiger partial charge in [0.25, 0.3) is 0 Å². The Kier molecular flexibility index (Phi) is 5.39. The van der Waals surface area contributed by atoms with Crippen molar-refractivity contribution < 1.29 is 27.1 Å². The topological polar surface area (TPSA) is 64.3 Å². The summed E-state index contributed by atoms with van der Waals surface area (Å²) in [6.07, 6.45) is -5.47. The van der Waals surface area contributed by atoms with Gasteiger partial charge in [0.05, 0.1) is 5.92 Å². The molecule has 1 aromatic carbocycles. The van der Waals surface area contributed by atoms with Gasteiger partial charge in [-0.1, -0.05) is 6.07 Å². The lowest BCUT2D eigenvalue weighted by Gasteiger charge is -2.21. The second-order valence-corrected chi connectivity index (χ2v) is 5.69. The number of ether oxygens (including phenoxy) is 1. The molecule has 0 fully saturated rings. The minimum atomic E-state index is -4.64. The maximum absolute atomic E-state index is 13.9. The molecule has 0 heterocycles. The van der Waals surface area contributed by atoms with E-state index in [-0.39, 0.29) is 5.69 Å². The number of carbonyl (C=O) groups excluding carboxylic acids is 1. The van der Waals surface area contributed by atoms with Crippen molar-refractivity contribution in [3.8, 4) is 0 Å². The van der Waals surface area contributed by atoms with E-state index in [4.69, 9.17) is 10.5 Å². The number of anilines is 1. The Bertz CT molecular complexity index is 539. The van der Waals surface area contributed by atoms with E-state index in [2.05, 4.69) is 5.32 Å². The van der Waals surface area contributed by atoms with Crippen LogP contribution < -0.4 is 11.1 Å². The molecule has 1 unspecified atom stereocenters. The Morgan fingerprint density at radius 3 is 2.32 bits per heavy atom. The molecule has 8 heteroatoms. The first-order valence-electron chi connectivity index (χ1n) is 6.50. The van der Waals surface area contributed by atoms with Crippen LogP contribution in [0.3, 0.4) is 0 Å². The molecule has 4 nitrogen and oxygen atoms in total. The van der Waals surface area contributed by atoms with Crippen molar-refractivity contribution in [3.63, 3.8) is 0 Å². The van der Waals surface area contributed by atoms with Gasteiger partial charge >= 0.3 is 12.3 Å². The SMILES string of the molecule is CC(C)(C)OC(=O)Nc1ccc(C(CN)C(F)(F)F)c(F)c1. The smallest absolute Gasteiger partial charge is 0.412 e. The fraction of sp³-hybridized carbons (Fsp3) is 0.500. The lowest BCUT2D eigenvalue weighted by molar-refractivity contribution is -0.148. The van der Waals surface area contributed by atoms with Gasteiger partial charge in [-0.2, -0.15) is 13.2 Å². The Balaban J connectivity index is 2.93. The number of nitrogens with two attached hydrogens (primary N) is 1. The highest BCUT2D eigenvalue weighted by Gasteiger charge is 2.41. The molecular weight excluding hydrogens is 304 g/mol. The highest BCUT2D eigenvalue weighted by molar-refractivity contribution is 5.84. The summed E-state index contributed by atoms with van der Waals surface area (Å²) < 4.78 is 57.1. The lowest BCUT2D eigenvalue weighted by Crippen LogP contribution is -2.29. The minimum Gasteiger partial charge on any atom is -0.444 e. The van der Waals surface area contributed by atoms with Crippen molar-refractivity contribution >= 4 is 11.8 Å². The molecule has 22 heavy (non-hydrogen) atoms. The van der Waals surface area contributed by atoms with E-state index in [0.29, 0.717) is 0 Å². The number of carbonyl (C=O) groups is 1. The molecule has 1 amide bonds. The normalized spacial score (nSPS) is 13.6. The molecule has 0 saturated heterocycles. The van der Waals surface area contributed by atoms with Crippen LogP contribution in [-0.4, -0.2) is 24.4 Å². The maximum atomic E-state index is 13.9. The van der Waals surface area contributed by atoms with Crippen molar-refractivity contribution in [2.75, 3.05) is 11.9 Å². The fourth-order valence-electron chi connectivity index (χ4n) is 1.75. The first-order chi connectivity index (χ1) is 9.94. The third-order valence-electron chi connectivity index (χ3n) is 2.65. The number of hydrogen-bond acceptors (Lipinski definition) is 3. The maximum Gasteiger partial charge on any atom is 0.412 e. The largest absolute Gasteiger partial charge is 0.444 e. The van der Waals surface area contributed by atoms with Crippen molar-refractivity contribution in [1.29, 1.82) is 0 Å². The van der Waals surface area contributed by atoms with Gasteiger partial charge in [0.15, 0.2) is 0 Å². The van der Waals surface area contributed by atoms with E-state index in [1.807, 2.05) is 0 Å². The van der Waals surface area contributed by atoms with E-state index in [0.717, 1.165) is 18.2 Å². The van der Waals surface area contributed by atoms with Crippen LogP contribution in [0.25, 0.3) is 0 Å². The highest BCUT2D eigenvalue weighted by atomic mass is 19.4. The third kappa shape index (κ3) is 5.18. The molecule has 0 spiro atoms. The molecule has 0 bridgehead atoms. The summed E-state index contributed by atoms with van der Waals surface area (Å²) in [5, 5.41) is 2.25. The van der Waals surface area contributed by atoms with Crippen LogP contribution in [-0.2, 0) is 4.74 Å². The Hall–Kier alpha value is -1.83. The quantitative estimate of drug-likeness (QED) is 0.833. The zero-order valence-electron chi connectivity index (χ0n) is 12.4. The molecule has 0 aliphatic carbocycles. The van der Waals surface area contributed by atoms with E-state index < -0.39 is 41.7 Å². The van der Waals surface area contributed by atoms with Crippen LogP contribution in [0.15, 0.2) is 18.2 Å². The van der Waals surface area contributed by atoms with Gasteiger partial charge in [-0.3, -0.25) is 5.32 Å². The van der Waals surface area contributed by atoms with Crippen LogP contribution in [0, 0.1) is 5.82 Å². The zero-order chi connectivity index (χ0) is 17.1. The van der Waals surface area contributed by atoms with E-state index in [1.165, 1.54) is 0 Å². The molecule has 1 aromatic rings. The van der Waals surface area contributed by atoms with Crippen molar-refractivity contribution in [1.82, 2.24) is 0 Å². The molecule has 3 N–H and O–H groups in total. The molecule has 124 valence electrons. The molecule has 0 aromatic heterocycles. The van der Waals surface area contributed by atoms with Crippen LogP contribution in [0.2, 0.25) is 0 Å². The predicted octanol–water partition coefficient (Wildman–Crippen LogP) is 3.78. The van der Waals surface area contributed by atoms with Gasteiger partial charge in [-0.05, 0) is 32.9 Å². The Morgan fingerprint density at radius 2 is 1.91 bits per heavy atom. The third-order valence-corrected chi connectivity index (χ3v) is 2.65. The van der Waals surface area contributed by atoms with E-state index in [9.17, 15) is 22.4 Å². The molecule has 1 atom stereocenters. The first kappa shape index (κ1) is 18.2.